The van der Waals surface area contributed by atoms with E-state index in [2.05, 4.69) is 9.97 Å². The molecule has 4 nitrogen and oxygen atoms in total. The molecule has 0 aliphatic heterocycles. The largest absolute Gasteiger partial charge is 0.339 e. The van der Waals surface area contributed by atoms with Crippen LogP contribution in [0.3, 0.4) is 0 Å². The zero-order chi connectivity index (χ0) is 16.3. The van der Waals surface area contributed by atoms with Gasteiger partial charge in [0, 0.05) is 35.6 Å². The van der Waals surface area contributed by atoms with Gasteiger partial charge in [0.25, 0.3) is 5.91 Å². The lowest BCUT2D eigenvalue weighted by atomic mass is 10.1. The lowest BCUT2D eigenvalue weighted by molar-refractivity contribution is 0.0773. The summed E-state index contributed by atoms with van der Waals surface area (Å²) in [5.41, 5.74) is 4.74. The first-order valence-electron chi connectivity index (χ1n) is 7.69. The third kappa shape index (κ3) is 3.16. The average molecular weight is 297 g/mol. The van der Waals surface area contributed by atoms with Gasteiger partial charge in [-0.15, -0.1) is 0 Å². The normalized spacial score (nSPS) is 10.6. The van der Waals surface area contributed by atoms with Crippen molar-refractivity contribution in [2.24, 2.45) is 0 Å². The summed E-state index contributed by atoms with van der Waals surface area (Å²) in [6.45, 7) is 11.4. The molecular weight excluding hydrogens is 274 g/mol. The molecule has 0 radical (unpaired) electrons. The monoisotopic (exact) mass is 297 g/mol. The van der Waals surface area contributed by atoms with E-state index in [1.54, 1.807) is 0 Å². The van der Waals surface area contributed by atoms with E-state index in [4.69, 9.17) is 0 Å². The fraction of sp³-hybridized carbons (Fsp3) is 0.389. The molecule has 0 N–H and O–H groups in total. The Bertz CT molecular complexity index is 650. The summed E-state index contributed by atoms with van der Waals surface area (Å²) in [6, 6.07) is 7.54. The molecule has 0 bridgehead atoms. The fourth-order valence-corrected chi connectivity index (χ4v) is 2.36. The van der Waals surface area contributed by atoms with Crippen molar-refractivity contribution >= 4 is 5.91 Å². The molecule has 116 valence electrons. The number of hydrogen-bond donors (Lipinski definition) is 0. The number of amides is 1. The minimum atomic E-state index is 0.0636. The number of aromatic nitrogens is 2. The topological polar surface area (TPSA) is 46.1 Å². The van der Waals surface area contributed by atoms with Gasteiger partial charge in [0.1, 0.15) is 0 Å². The van der Waals surface area contributed by atoms with E-state index in [0.717, 1.165) is 35.6 Å². The predicted octanol–water partition coefficient (Wildman–Crippen LogP) is 3.55. The number of hydrogen-bond acceptors (Lipinski definition) is 3. The van der Waals surface area contributed by atoms with Gasteiger partial charge in [0.15, 0.2) is 5.82 Å². The summed E-state index contributed by atoms with van der Waals surface area (Å²) >= 11 is 0. The molecule has 1 aromatic carbocycles. The molecule has 1 aromatic heterocycles. The van der Waals surface area contributed by atoms with Crippen molar-refractivity contribution in [3.05, 3.63) is 46.8 Å². The molecule has 0 unspecified atom stereocenters. The van der Waals surface area contributed by atoms with Gasteiger partial charge < -0.3 is 4.90 Å². The minimum absolute atomic E-state index is 0.0636. The molecule has 22 heavy (non-hydrogen) atoms. The molecule has 0 atom stereocenters. The zero-order valence-electron chi connectivity index (χ0n) is 14.0. The molecule has 4 heteroatoms. The smallest absolute Gasteiger partial charge is 0.253 e. The van der Waals surface area contributed by atoms with E-state index in [0.29, 0.717) is 11.4 Å². The lowest BCUT2D eigenvalue weighted by Gasteiger charge is -2.18. The summed E-state index contributed by atoms with van der Waals surface area (Å²) in [5.74, 6) is 0.774. The van der Waals surface area contributed by atoms with Crippen molar-refractivity contribution in [3.63, 3.8) is 0 Å². The number of aryl methyl sites for hydroxylation is 2. The molecule has 2 rings (SSSR count). The molecule has 0 aliphatic carbocycles. The first kappa shape index (κ1) is 16.1. The molecule has 2 aromatic rings. The van der Waals surface area contributed by atoms with Crippen molar-refractivity contribution in [1.82, 2.24) is 14.9 Å². The van der Waals surface area contributed by atoms with Gasteiger partial charge in [-0.1, -0.05) is 12.1 Å². The highest BCUT2D eigenvalue weighted by Crippen LogP contribution is 2.19. The van der Waals surface area contributed by atoms with Gasteiger partial charge in [-0.05, 0) is 52.3 Å². The van der Waals surface area contributed by atoms with Gasteiger partial charge >= 0.3 is 0 Å². The van der Waals surface area contributed by atoms with Crippen molar-refractivity contribution in [1.29, 1.82) is 0 Å². The summed E-state index contributed by atoms with van der Waals surface area (Å²) < 4.78 is 0. The minimum Gasteiger partial charge on any atom is -0.339 e. The SMILES string of the molecule is CCN(CC)C(=O)c1ccc(-c2nc(C)c(C)c(C)n2)cc1. The average Bonchev–Trinajstić information content (AvgIpc) is 2.53. The molecule has 0 saturated heterocycles. The summed E-state index contributed by atoms with van der Waals surface area (Å²) in [4.78, 5) is 23.2. The Morgan fingerprint density at radius 1 is 0.955 bits per heavy atom. The predicted molar refractivity (Wildman–Crippen MR) is 88.9 cm³/mol. The zero-order valence-corrected chi connectivity index (χ0v) is 14.0. The van der Waals surface area contributed by atoms with Gasteiger partial charge in [-0.2, -0.15) is 0 Å². The number of benzene rings is 1. The van der Waals surface area contributed by atoms with Crippen LogP contribution in [-0.2, 0) is 0 Å². The quantitative estimate of drug-likeness (QED) is 0.867. The van der Waals surface area contributed by atoms with E-state index in [1.165, 1.54) is 0 Å². The first-order valence-corrected chi connectivity index (χ1v) is 7.69. The summed E-state index contributed by atoms with van der Waals surface area (Å²) in [5, 5.41) is 0. The standard InChI is InChI=1S/C18H23N3O/c1-6-21(7-2)18(22)16-10-8-15(9-11-16)17-19-13(4)12(3)14(5)20-17/h8-11H,6-7H2,1-5H3. The van der Waals surface area contributed by atoms with E-state index < -0.39 is 0 Å². The Morgan fingerprint density at radius 2 is 1.45 bits per heavy atom. The number of nitrogens with zero attached hydrogens (tertiary/aromatic N) is 3. The Kier molecular flexibility index (Phi) is 4.91. The molecule has 0 saturated carbocycles. The maximum absolute atomic E-state index is 12.3. The lowest BCUT2D eigenvalue weighted by Crippen LogP contribution is -2.30. The summed E-state index contributed by atoms with van der Waals surface area (Å²) in [6.07, 6.45) is 0. The van der Waals surface area contributed by atoms with Gasteiger partial charge in [-0.25, -0.2) is 9.97 Å². The first-order chi connectivity index (χ1) is 10.5. The molecule has 0 aliphatic rings. The Morgan fingerprint density at radius 3 is 1.91 bits per heavy atom. The van der Waals surface area contributed by atoms with Crippen molar-refractivity contribution in [2.45, 2.75) is 34.6 Å². The second kappa shape index (κ2) is 6.69. The molecule has 1 heterocycles. The van der Waals surface area contributed by atoms with Crippen LogP contribution in [0.25, 0.3) is 11.4 Å². The van der Waals surface area contributed by atoms with Crippen molar-refractivity contribution in [3.8, 4) is 11.4 Å². The highest BCUT2D eigenvalue weighted by atomic mass is 16.2. The van der Waals surface area contributed by atoms with Gasteiger partial charge in [0.05, 0.1) is 0 Å². The van der Waals surface area contributed by atoms with Crippen LogP contribution in [0.1, 0.15) is 41.2 Å². The van der Waals surface area contributed by atoms with E-state index in [9.17, 15) is 4.79 Å². The molecule has 0 fully saturated rings. The second-order valence-corrected chi connectivity index (χ2v) is 5.40. The van der Waals surface area contributed by atoms with Crippen LogP contribution in [0.4, 0.5) is 0 Å². The van der Waals surface area contributed by atoms with Crippen LogP contribution >= 0.6 is 0 Å². The number of rotatable bonds is 4. The molecular formula is C18H23N3O. The molecule has 1 amide bonds. The second-order valence-electron chi connectivity index (χ2n) is 5.40. The van der Waals surface area contributed by atoms with Crippen LogP contribution < -0.4 is 0 Å². The third-order valence-electron chi connectivity index (χ3n) is 4.07. The highest BCUT2D eigenvalue weighted by molar-refractivity contribution is 5.94. The highest BCUT2D eigenvalue weighted by Gasteiger charge is 2.13. The van der Waals surface area contributed by atoms with Crippen LogP contribution in [0.2, 0.25) is 0 Å². The van der Waals surface area contributed by atoms with Crippen LogP contribution in [-0.4, -0.2) is 33.9 Å². The summed E-state index contributed by atoms with van der Waals surface area (Å²) in [7, 11) is 0. The fourth-order valence-electron chi connectivity index (χ4n) is 2.36. The van der Waals surface area contributed by atoms with Crippen molar-refractivity contribution < 1.29 is 4.79 Å². The Balaban J connectivity index is 2.31. The Hall–Kier alpha value is -2.23. The Labute approximate surface area is 132 Å². The van der Waals surface area contributed by atoms with Crippen molar-refractivity contribution in [2.75, 3.05) is 13.1 Å². The van der Waals surface area contributed by atoms with E-state index >= 15 is 0 Å². The van der Waals surface area contributed by atoms with Gasteiger partial charge in [-0.3, -0.25) is 4.79 Å². The van der Waals surface area contributed by atoms with E-state index in [1.807, 2.05) is 63.8 Å². The number of carbonyl (C=O) groups excluding carboxylic acids is 1. The van der Waals surface area contributed by atoms with Crippen LogP contribution in [0, 0.1) is 20.8 Å². The van der Waals surface area contributed by atoms with Crippen LogP contribution in [0.5, 0.6) is 0 Å². The molecule has 0 spiro atoms. The maximum atomic E-state index is 12.3. The third-order valence-corrected chi connectivity index (χ3v) is 4.07. The number of carbonyl (C=O) groups is 1. The van der Waals surface area contributed by atoms with Crippen LogP contribution in [0.15, 0.2) is 24.3 Å². The maximum Gasteiger partial charge on any atom is 0.253 e. The van der Waals surface area contributed by atoms with E-state index in [-0.39, 0.29) is 5.91 Å². The van der Waals surface area contributed by atoms with Gasteiger partial charge in [0.2, 0.25) is 0 Å².